The monoisotopic (exact) mass is 664 g/mol. The topological polar surface area (TPSA) is 56.7 Å². The lowest BCUT2D eigenvalue weighted by Gasteiger charge is -2.12. The summed E-state index contributed by atoms with van der Waals surface area (Å²) in [5.41, 5.74) is 7.64. The van der Waals surface area contributed by atoms with Crippen molar-refractivity contribution in [2.75, 3.05) is 0 Å². The summed E-state index contributed by atoms with van der Waals surface area (Å²) in [5.74, 6) is 1.83. The van der Waals surface area contributed by atoms with Gasteiger partial charge in [0.15, 0.2) is 17.5 Å². The van der Waals surface area contributed by atoms with Crippen molar-refractivity contribution in [1.82, 2.24) is 19.5 Å². The molecule has 5 heteroatoms. The molecule has 3 aromatic heterocycles. The summed E-state index contributed by atoms with van der Waals surface area (Å²) in [6.45, 7) is 0. The molecule has 0 saturated carbocycles. The van der Waals surface area contributed by atoms with Crippen molar-refractivity contribution in [3.05, 3.63) is 170 Å². The van der Waals surface area contributed by atoms with Crippen LogP contribution in [-0.2, 0) is 0 Å². The first-order chi connectivity index (χ1) is 25.8. The fourth-order valence-electron chi connectivity index (χ4n) is 7.88. The highest BCUT2D eigenvalue weighted by molar-refractivity contribution is 6.24. The average Bonchev–Trinajstić information content (AvgIpc) is 3.76. The van der Waals surface area contributed by atoms with E-state index in [4.69, 9.17) is 19.4 Å². The molecule has 0 saturated heterocycles. The second-order valence-corrected chi connectivity index (χ2v) is 13.2. The number of furan rings is 1. The Kier molecular flexibility index (Phi) is 6.18. The molecule has 0 bridgehead atoms. The molecule has 0 aliphatic carbocycles. The maximum atomic E-state index is 6.66. The lowest BCUT2D eigenvalue weighted by Crippen LogP contribution is -2.00. The minimum Gasteiger partial charge on any atom is -0.456 e. The van der Waals surface area contributed by atoms with Crippen molar-refractivity contribution in [3.8, 4) is 39.9 Å². The van der Waals surface area contributed by atoms with Gasteiger partial charge in [-0.05, 0) is 57.9 Å². The van der Waals surface area contributed by atoms with Gasteiger partial charge in [-0.15, -0.1) is 0 Å². The van der Waals surface area contributed by atoms with Crippen LogP contribution in [0.2, 0.25) is 0 Å². The zero-order valence-corrected chi connectivity index (χ0v) is 27.9. The second kappa shape index (κ2) is 11.2. The molecule has 52 heavy (non-hydrogen) atoms. The Morgan fingerprint density at radius 1 is 0.385 bits per heavy atom. The van der Waals surface area contributed by atoms with Crippen molar-refractivity contribution < 1.29 is 4.42 Å². The van der Waals surface area contributed by atoms with Crippen LogP contribution in [0.25, 0.3) is 105 Å². The third kappa shape index (κ3) is 4.33. The van der Waals surface area contributed by atoms with Gasteiger partial charge in [0.1, 0.15) is 11.2 Å². The van der Waals surface area contributed by atoms with Gasteiger partial charge >= 0.3 is 0 Å². The molecule has 11 aromatic rings. The van der Waals surface area contributed by atoms with Crippen LogP contribution >= 0.6 is 0 Å². The number of rotatable bonds is 4. The van der Waals surface area contributed by atoms with Crippen LogP contribution in [0.4, 0.5) is 0 Å². The van der Waals surface area contributed by atoms with Gasteiger partial charge in [-0.25, -0.2) is 15.0 Å². The smallest absolute Gasteiger partial charge is 0.164 e. The average molecular weight is 665 g/mol. The number of hydrogen-bond donors (Lipinski definition) is 0. The lowest BCUT2D eigenvalue weighted by molar-refractivity contribution is 0.669. The summed E-state index contributed by atoms with van der Waals surface area (Å²) in [5, 5.41) is 9.29. The number of benzene rings is 8. The highest BCUT2D eigenvalue weighted by Crippen LogP contribution is 2.44. The summed E-state index contributed by atoms with van der Waals surface area (Å²) in [6.07, 6.45) is 0. The highest BCUT2D eigenvalue weighted by atomic mass is 16.3. The maximum Gasteiger partial charge on any atom is 0.164 e. The third-order valence-electron chi connectivity index (χ3n) is 10.2. The highest BCUT2D eigenvalue weighted by Gasteiger charge is 2.23. The Bertz CT molecular complexity index is 3120. The largest absolute Gasteiger partial charge is 0.456 e. The van der Waals surface area contributed by atoms with E-state index in [2.05, 4.69) is 102 Å². The standard InChI is InChI=1S/C47H28N4O/c1-3-14-30(15-4-1)45-48-46(31-16-5-2-6-17-31)50-47(49-45)35-21-11-23-40-43(35)44-37(22-12-24-41(44)52-40)51-38-26-25-29-13-9-10-20-34(29)42(38)36-27-32-18-7-8-19-33(32)28-39(36)51/h1-28H. The Morgan fingerprint density at radius 3 is 1.71 bits per heavy atom. The first-order valence-electron chi connectivity index (χ1n) is 17.5. The SMILES string of the molecule is c1ccc(-c2nc(-c3ccccc3)nc(-c3cccc4oc5cccc(-n6c7cc8ccccc8cc7c7c8ccccc8ccc76)c5c34)n2)cc1. The minimum absolute atomic E-state index is 0.593. The van der Waals surface area contributed by atoms with E-state index in [0.29, 0.717) is 17.5 Å². The van der Waals surface area contributed by atoms with Gasteiger partial charge in [0.05, 0.1) is 22.1 Å². The maximum absolute atomic E-state index is 6.66. The fourth-order valence-corrected chi connectivity index (χ4v) is 7.88. The molecule has 0 aliphatic heterocycles. The summed E-state index contributed by atoms with van der Waals surface area (Å²) >= 11 is 0. The van der Waals surface area contributed by atoms with E-state index in [1.54, 1.807) is 0 Å². The van der Waals surface area contributed by atoms with E-state index in [1.807, 2.05) is 72.8 Å². The third-order valence-corrected chi connectivity index (χ3v) is 10.2. The van der Waals surface area contributed by atoms with Crippen molar-refractivity contribution in [1.29, 1.82) is 0 Å². The zero-order valence-electron chi connectivity index (χ0n) is 27.9. The van der Waals surface area contributed by atoms with E-state index in [0.717, 1.165) is 55.3 Å². The van der Waals surface area contributed by atoms with Crippen LogP contribution < -0.4 is 0 Å². The van der Waals surface area contributed by atoms with Crippen molar-refractivity contribution in [2.24, 2.45) is 0 Å². The van der Waals surface area contributed by atoms with Crippen LogP contribution in [0.3, 0.4) is 0 Å². The molecule has 5 nitrogen and oxygen atoms in total. The number of aromatic nitrogens is 4. The first-order valence-corrected chi connectivity index (χ1v) is 17.5. The Hall–Kier alpha value is -7.11. The van der Waals surface area contributed by atoms with Gasteiger partial charge in [-0.3, -0.25) is 0 Å². The normalized spacial score (nSPS) is 11.8. The van der Waals surface area contributed by atoms with Crippen molar-refractivity contribution in [2.45, 2.75) is 0 Å². The van der Waals surface area contributed by atoms with E-state index in [-0.39, 0.29) is 0 Å². The van der Waals surface area contributed by atoms with Gasteiger partial charge in [-0.2, -0.15) is 0 Å². The fraction of sp³-hybridized carbons (Fsp3) is 0. The molecule has 11 rings (SSSR count). The zero-order chi connectivity index (χ0) is 34.2. The Morgan fingerprint density at radius 2 is 0.981 bits per heavy atom. The van der Waals surface area contributed by atoms with Crippen LogP contribution in [0, 0.1) is 0 Å². The lowest BCUT2D eigenvalue weighted by atomic mass is 10.0. The molecule has 8 aromatic carbocycles. The molecule has 0 amide bonds. The van der Waals surface area contributed by atoms with Crippen molar-refractivity contribution >= 4 is 65.3 Å². The molecule has 0 aliphatic rings. The molecule has 0 unspecified atom stereocenters. The molecule has 242 valence electrons. The Balaban J connectivity index is 1.25. The predicted molar refractivity (Wildman–Crippen MR) is 213 cm³/mol. The van der Waals surface area contributed by atoms with Crippen LogP contribution in [0.1, 0.15) is 0 Å². The summed E-state index contributed by atoms with van der Waals surface area (Å²) in [4.78, 5) is 15.2. The van der Waals surface area contributed by atoms with Gasteiger partial charge in [0, 0.05) is 32.8 Å². The number of hydrogen-bond acceptors (Lipinski definition) is 4. The molecule has 0 atom stereocenters. The van der Waals surface area contributed by atoms with Crippen LogP contribution in [0.5, 0.6) is 0 Å². The molecular weight excluding hydrogens is 637 g/mol. The van der Waals surface area contributed by atoms with Gasteiger partial charge in [0.2, 0.25) is 0 Å². The molecule has 0 fully saturated rings. The van der Waals surface area contributed by atoms with E-state index < -0.39 is 0 Å². The van der Waals surface area contributed by atoms with Gasteiger partial charge in [-0.1, -0.05) is 133 Å². The molecule has 3 heterocycles. The van der Waals surface area contributed by atoms with E-state index in [1.165, 1.54) is 32.3 Å². The summed E-state index contributed by atoms with van der Waals surface area (Å²) in [7, 11) is 0. The Labute approximate surface area is 298 Å². The molecule has 0 radical (unpaired) electrons. The summed E-state index contributed by atoms with van der Waals surface area (Å²) < 4.78 is 9.08. The van der Waals surface area contributed by atoms with Crippen molar-refractivity contribution in [3.63, 3.8) is 0 Å². The number of fused-ring (bicyclic) bond motifs is 9. The molecule has 0 spiro atoms. The van der Waals surface area contributed by atoms with Crippen LogP contribution in [0.15, 0.2) is 174 Å². The predicted octanol–water partition coefficient (Wildman–Crippen LogP) is 12.2. The van der Waals surface area contributed by atoms with E-state index in [9.17, 15) is 0 Å². The van der Waals surface area contributed by atoms with Gasteiger partial charge < -0.3 is 8.98 Å². The van der Waals surface area contributed by atoms with Crippen LogP contribution in [-0.4, -0.2) is 19.5 Å². The number of nitrogens with zero attached hydrogens (tertiary/aromatic N) is 4. The molecular formula is C47H28N4O. The van der Waals surface area contributed by atoms with E-state index >= 15 is 0 Å². The van der Waals surface area contributed by atoms with Gasteiger partial charge in [0.25, 0.3) is 0 Å². The second-order valence-electron chi connectivity index (χ2n) is 13.2. The quantitative estimate of drug-likeness (QED) is 0.188. The summed E-state index contributed by atoms with van der Waals surface area (Å²) in [6, 6.07) is 59.1. The molecule has 0 N–H and O–H groups in total. The minimum atomic E-state index is 0.593. The first kappa shape index (κ1) is 28.7.